The maximum absolute atomic E-state index is 2.04. The Balaban J connectivity index is 0.000000810. The van der Waals surface area contributed by atoms with Crippen molar-refractivity contribution in [2.24, 2.45) is 0 Å². The van der Waals surface area contributed by atoms with Gasteiger partial charge in [0.1, 0.15) is 0 Å². The molecule has 0 aliphatic heterocycles. The normalized spacial score (nSPS) is 7.20. The monoisotopic (exact) mass is 153 g/mol. The van der Waals surface area contributed by atoms with Crippen LogP contribution in [-0.2, 0) is 0 Å². The Morgan fingerprint density at radius 1 is 0.600 bits per heavy atom. The van der Waals surface area contributed by atoms with Gasteiger partial charge in [-0.05, 0) is 10.8 Å². The van der Waals surface area contributed by atoms with Crippen LogP contribution in [0.4, 0.5) is 0 Å². The minimum Gasteiger partial charge on any atom is -0.344 e. The second-order valence-corrected chi connectivity index (χ2v) is 2.38. The van der Waals surface area contributed by atoms with E-state index in [9.17, 15) is 0 Å². The molecule has 10 heavy (non-hydrogen) atoms. The third-order valence-electron chi connectivity index (χ3n) is 0.870. The molecule has 0 unspecified atom stereocenters. The highest BCUT2D eigenvalue weighted by atomic mass is 32.1. The van der Waals surface area contributed by atoms with Gasteiger partial charge in [-0.1, -0.05) is 36.4 Å². The molecule has 1 aromatic rings. The van der Waals surface area contributed by atoms with Crippen LogP contribution >= 0.6 is 11.3 Å². The van der Waals surface area contributed by atoms with Crippen molar-refractivity contribution in [3.05, 3.63) is 47.2 Å². The summed E-state index contributed by atoms with van der Waals surface area (Å²) in [4.78, 5) is 0. The molecule has 0 radical (unpaired) electrons. The first kappa shape index (κ1) is 9.14. The molecule has 54 valence electrons. The maximum atomic E-state index is 2.04. The zero-order chi connectivity index (χ0) is 6.36. The molecular weight excluding hydrogens is 142 g/mol. The first-order chi connectivity index (χ1) is 4.50. The van der Waals surface area contributed by atoms with Crippen LogP contribution in [0, 0.1) is 0 Å². The molecule has 0 spiro atoms. The maximum Gasteiger partial charge on any atom is -0.00937 e. The summed E-state index contributed by atoms with van der Waals surface area (Å²) in [7, 11) is 0. The topological polar surface area (TPSA) is 35.0 Å². The minimum atomic E-state index is 0. The number of hydrogen-bond acceptors (Lipinski definition) is 2. The second kappa shape index (κ2) is 6.26. The molecule has 0 bridgehead atoms. The van der Waals surface area contributed by atoms with Gasteiger partial charge in [0.15, 0.2) is 0 Å². The number of rotatable bonds is 0. The van der Waals surface area contributed by atoms with Gasteiger partial charge in [0.25, 0.3) is 0 Å². The summed E-state index contributed by atoms with van der Waals surface area (Å²) in [6, 6.07) is 12.1. The third-order valence-corrected chi connectivity index (χ3v) is 1.50. The van der Waals surface area contributed by atoms with Crippen molar-refractivity contribution in [1.82, 2.24) is 6.15 Å². The summed E-state index contributed by atoms with van der Waals surface area (Å²) in [5, 5.41) is 4.08. The van der Waals surface area contributed by atoms with Crippen molar-refractivity contribution >= 4 is 11.3 Å². The summed E-state index contributed by atoms with van der Waals surface area (Å²) in [5.41, 5.74) is 0. The average Bonchev–Trinajstić information content (AvgIpc) is 2.00. The van der Waals surface area contributed by atoms with Gasteiger partial charge in [-0.15, -0.1) is 0 Å². The molecule has 0 fully saturated rings. The van der Waals surface area contributed by atoms with E-state index in [0.29, 0.717) is 0 Å². The Bertz CT molecular complexity index is 131. The zero-order valence-corrected chi connectivity index (χ0v) is 6.55. The molecule has 0 saturated heterocycles. The van der Waals surface area contributed by atoms with Crippen LogP contribution in [0.5, 0.6) is 0 Å². The van der Waals surface area contributed by atoms with Crippen LogP contribution in [-0.4, -0.2) is 0 Å². The van der Waals surface area contributed by atoms with Crippen LogP contribution in [0.3, 0.4) is 0 Å². The average molecular weight is 153 g/mol. The summed E-state index contributed by atoms with van der Waals surface area (Å²) in [6.07, 6.45) is 0. The Kier molecular flexibility index (Phi) is 5.72. The largest absolute Gasteiger partial charge is 0.344 e. The predicted octanol–water partition coefficient (Wildman–Crippen LogP) is 3.03. The first-order valence-electron chi connectivity index (χ1n) is 2.80. The van der Waals surface area contributed by atoms with Crippen molar-refractivity contribution in [3.8, 4) is 0 Å². The highest BCUT2D eigenvalue weighted by molar-refractivity contribution is 7.07. The van der Waals surface area contributed by atoms with Crippen LogP contribution in [0.2, 0.25) is 0 Å². The fraction of sp³-hybridized carbons (Fsp3) is 0. The third kappa shape index (κ3) is 4.06. The van der Waals surface area contributed by atoms with Gasteiger partial charge >= 0.3 is 0 Å². The lowest BCUT2D eigenvalue weighted by Gasteiger charge is -1.59. The van der Waals surface area contributed by atoms with Gasteiger partial charge in [0, 0.05) is 0 Å². The van der Waals surface area contributed by atoms with Crippen LogP contribution in [0.1, 0.15) is 0 Å². The lowest BCUT2D eigenvalue weighted by molar-refractivity contribution is 1.82. The molecule has 1 heterocycles. The van der Waals surface area contributed by atoms with Gasteiger partial charge in [0.2, 0.25) is 0 Å². The van der Waals surface area contributed by atoms with E-state index >= 15 is 0 Å². The van der Waals surface area contributed by atoms with Gasteiger partial charge < -0.3 is 6.15 Å². The van der Waals surface area contributed by atoms with E-state index in [0.717, 1.165) is 0 Å². The first-order valence-corrected chi connectivity index (χ1v) is 3.75. The Hall–Kier alpha value is -0.860. The highest BCUT2D eigenvalue weighted by Crippen LogP contribution is 1.88. The molecule has 2 heteroatoms. The fourth-order valence-corrected chi connectivity index (χ4v) is 0.937. The smallest absolute Gasteiger partial charge is 0.00937 e. The Morgan fingerprint density at radius 3 is 1.50 bits per heavy atom. The molecule has 1 aromatic heterocycles. The predicted molar refractivity (Wildman–Crippen MR) is 47.0 cm³/mol. The molecule has 0 aliphatic carbocycles. The van der Waals surface area contributed by atoms with Crippen molar-refractivity contribution < 1.29 is 0 Å². The Morgan fingerprint density at radius 2 is 1.00 bits per heavy atom. The molecule has 0 aromatic carbocycles. The molecule has 0 saturated carbocycles. The van der Waals surface area contributed by atoms with Crippen LogP contribution < -0.4 is 6.15 Å². The number of hydrogen-bond donors (Lipinski definition) is 1. The van der Waals surface area contributed by atoms with Crippen LogP contribution in [0.25, 0.3) is 0 Å². The van der Waals surface area contributed by atoms with Gasteiger partial charge in [-0.2, -0.15) is 11.3 Å². The van der Waals surface area contributed by atoms with Crippen molar-refractivity contribution in [2.75, 3.05) is 0 Å². The van der Waals surface area contributed by atoms with Gasteiger partial charge in [0.05, 0.1) is 0 Å². The molecule has 0 atom stereocenters. The van der Waals surface area contributed by atoms with Crippen LogP contribution in [0.15, 0.2) is 47.2 Å². The van der Waals surface area contributed by atoms with E-state index in [4.69, 9.17) is 0 Å². The van der Waals surface area contributed by atoms with E-state index in [1.807, 2.05) is 47.2 Å². The molecule has 3 N–H and O–H groups in total. The van der Waals surface area contributed by atoms with Crippen molar-refractivity contribution in [3.63, 3.8) is 0 Å². The quantitative estimate of drug-likeness (QED) is 0.611. The van der Waals surface area contributed by atoms with E-state index in [2.05, 4.69) is 0 Å². The zero-order valence-electron chi connectivity index (χ0n) is 5.73. The standard InChI is InChI=1S/C8H8S.H3N/c1-2-4-6-8-9-7-5-3-1;/h1-8H;1H3. The lowest BCUT2D eigenvalue weighted by Crippen LogP contribution is -1.38. The summed E-state index contributed by atoms with van der Waals surface area (Å²) in [6.45, 7) is 0. The minimum absolute atomic E-state index is 0. The lowest BCUT2D eigenvalue weighted by atomic mass is 10.5. The molecular formula is C8H11NS. The molecule has 0 aliphatic rings. The summed E-state index contributed by atoms with van der Waals surface area (Å²) >= 11 is 1.68. The van der Waals surface area contributed by atoms with Gasteiger partial charge in [-0.25, -0.2) is 0 Å². The second-order valence-electron chi connectivity index (χ2n) is 1.56. The van der Waals surface area contributed by atoms with Crippen molar-refractivity contribution in [2.45, 2.75) is 0 Å². The molecule has 1 rings (SSSR count). The van der Waals surface area contributed by atoms with Gasteiger partial charge in [-0.3, -0.25) is 0 Å². The Labute approximate surface area is 65.2 Å². The molecule has 1 nitrogen and oxygen atoms in total. The van der Waals surface area contributed by atoms with E-state index in [-0.39, 0.29) is 6.15 Å². The summed E-state index contributed by atoms with van der Waals surface area (Å²) < 4.78 is 0. The SMILES string of the molecule is N.c1ccccsccc1. The highest BCUT2D eigenvalue weighted by Gasteiger charge is 1.58. The van der Waals surface area contributed by atoms with Crippen molar-refractivity contribution in [1.29, 1.82) is 0 Å². The van der Waals surface area contributed by atoms with E-state index < -0.39 is 0 Å². The fourth-order valence-electron chi connectivity index (χ4n) is 0.483. The van der Waals surface area contributed by atoms with E-state index in [1.165, 1.54) is 0 Å². The molecule has 0 amide bonds. The van der Waals surface area contributed by atoms with E-state index in [1.54, 1.807) is 11.3 Å². The summed E-state index contributed by atoms with van der Waals surface area (Å²) in [5.74, 6) is 0.